The van der Waals surface area contributed by atoms with Gasteiger partial charge in [-0.15, -0.1) is 0 Å². The van der Waals surface area contributed by atoms with Crippen molar-refractivity contribution in [2.75, 3.05) is 23.9 Å². The van der Waals surface area contributed by atoms with E-state index in [1.807, 2.05) is 32.9 Å². The number of benzene rings is 2. The molecule has 30 heavy (non-hydrogen) atoms. The highest BCUT2D eigenvalue weighted by Gasteiger charge is 2.46. The van der Waals surface area contributed by atoms with Crippen molar-refractivity contribution in [3.05, 3.63) is 54.1 Å². The van der Waals surface area contributed by atoms with Crippen molar-refractivity contribution >= 4 is 29.2 Å². The first-order valence-electron chi connectivity index (χ1n) is 9.95. The van der Waals surface area contributed by atoms with E-state index in [2.05, 4.69) is 5.32 Å². The van der Waals surface area contributed by atoms with E-state index in [-0.39, 0.29) is 30.2 Å². The number of ether oxygens (including phenoxy) is 1. The minimum Gasteiger partial charge on any atom is -0.497 e. The topological polar surface area (TPSA) is 79.0 Å². The Kier molecular flexibility index (Phi) is 6.40. The van der Waals surface area contributed by atoms with Gasteiger partial charge < -0.3 is 15.0 Å². The van der Waals surface area contributed by atoms with Crippen LogP contribution in [0, 0.1) is 12.8 Å². The van der Waals surface area contributed by atoms with Crippen molar-refractivity contribution in [3.8, 4) is 5.75 Å². The lowest BCUT2D eigenvalue weighted by Gasteiger charge is -2.23. The number of methoxy groups -OCH3 is 1. The van der Waals surface area contributed by atoms with Crippen LogP contribution in [0.25, 0.3) is 0 Å². The fourth-order valence-corrected chi connectivity index (χ4v) is 3.50. The number of hydrogen-bond acceptors (Lipinski definition) is 4. The molecular formula is C23H27N3O4. The van der Waals surface area contributed by atoms with Gasteiger partial charge in [0.05, 0.1) is 19.2 Å². The number of aryl methyl sites for hydroxylation is 1. The summed E-state index contributed by atoms with van der Waals surface area (Å²) in [6.07, 6.45) is -0.106. The standard InChI is InChI=1S/C23H27N3O4/c1-15(2)14-25-20(13-21(27)24-17-8-10-19(30-4)11-9-17)22(28)26(23(25)29)18-7-5-6-16(3)12-18/h5-12,15,20H,13-14H2,1-4H3,(H,24,27). The molecule has 1 atom stereocenters. The number of anilines is 2. The average Bonchev–Trinajstić information content (AvgIpc) is 2.92. The molecule has 0 bridgehead atoms. The maximum absolute atomic E-state index is 13.2. The Morgan fingerprint density at radius 1 is 1.13 bits per heavy atom. The molecule has 1 fully saturated rings. The van der Waals surface area contributed by atoms with Gasteiger partial charge in [-0.3, -0.25) is 9.59 Å². The van der Waals surface area contributed by atoms with Crippen molar-refractivity contribution in [1.29, 1.82) is 0 Å². The first kappa shape index (κ1) is 21.4. The third kappa shape index (κ3) is 4.62. The first-order chi connectivity index (χ1) is 14.3. The van der Waals surface area contributed by atoms with Crippen LogP contribution in [0.1, 0.15) is 25.8 Å². The fourth-order valence-electron chi connectivity index (χ4n) is 3.50. The summed E-state index contributed by atoms with van der Waals surface area (Å²) in [5.41, 5.74) is 2.07. The maximum atomic E-state index is 13.2. The third-order valence-corrected chi connectivity index (χ3v) is 4.89. The highest BCUT2D eigenvalue weighted by Crippen LogP contribution is 2.28. The van der Waals surface area contributed by atoms with Crippen LogP contribution >= 0.6 is 0 Å². The number of carbonyl (C=O) groups excluding carboxylic acids is 3. The number of rotatable bonds is 7. The zero-order valence-electron chi connectivity index (χ0n) is 17.7. The van der Waals surface area contributed by atoms with E-state index in [0.29, 0.717) is 23.7 Å². The molecule has 1 aliphatic heterocycles. The molecule has 2 aromatic rings. The van der Waals surface area contributed by atoms with E-state index in [9.17, 15) is 14.4 Å². The van der Waals surface area contributed by atoms with E-state index in [1.165, 1.54) is 9.80 Å². The summed E-state index contributed by atoms with van der Waals surface area (Å²) >= 11 is 0. The van der Waals surface area contributed by atoms with Crippen molar-refractivity contribution in [1.82, 2.24) is 4.90 Å². The van der Waals surface area contributed by atoms with Crippen LogP contribution < -0.4 is 15.0 Å². The molecule has 0 saturated carbocycles. The Morgan fingerprint density at radius 3 is 2.43 bits per heavy atom. The van der Waals surface area contributed by atoms with Crippen LogP contribution in [0.3, 0.4) is 0 Å². The Morgan fingerprint density at radius 2 is 1.83 bits per heavy atom. The largest absolute Gasteiger partial charge is 0.497 e. The van der Waals surface area contributed by atoms with Crippen LogP contribution in [0.5, 0.6) is 5.75 Å². The average molecular weight is 409 g/mol. The van der Waals surface area contributed by atoms with Gasteiger partial charge in [0, 0.05) is 12.2 Å². The van der Waals surface area contributed by atoms with Gasteiger partial charge >= 0.3 is 6.03 Å². The second-order valence-electron chi connectivity index (χ2n) is 7.84. The summed E-state index contributed by atoms with van der Waals surface area (Å²) in [5.74, 6) is 0.134. The quantitative estimate of drug-likeness (QED) is 0.705. The molecule has 0 aliphatic carbocycles. The molecule has 7 nitrogen and oxygen atoms in total. The number of imide groups is 1. The van der Waals surface area contributed by atoms with Crippen LogP contribution in [0.15, 0.2) is 48.5 Å². The Hall–Kier alpha value is -3.35. The Balaban J connectivity index is 1.80. The SMILES string of the molecule is COc1ccc(NC(=O)CC2C(=O)N(c3cccc(C)c3)C(=O)N2CC(C)C)cc1. The zero-order valence-corrected chi connectivity index (χ0v) is 17.7. The summed E-state index contributed by atoms with van der Waals surface area (Å²) in [6.45, 7) is 6.25. The number of amides is 4. The number of hydrogen-bond donors (Lipinski definition) is 1. The first-order valence-corrected chi connectivity index (χ1v) is 9.95. The highest BCUT2D eigenvalue weighted by atomic mass is 16.5. The van der Waals surface area contributed by atoms with Gasteiger partial charge in [0.15, 0.2) is 0 Å². The molecule has 0 aromatic heterocycles. The second-order valence-corrected chi connectivity index (χ2v) is 7.84. The molecule has 1 heterocycles. The van der Waals surface area contributed by atoms with Crippen LogP contribution in [0.4, 0.5) is 16.2 Å². The summed E-state index contributed by atoms with van der Waals surface area (Å²) in [4.78, 5) is 41.6. The van der Waals surface area contributed by atoms with Gasteiger partial charge in [0.25, 0.3) is 5.91 Å². The summed E-state index contributed by atoms with van der Waals surface area (Å²) < 4.78 is 5.11. The van der Waals surface area contributed by atoms with Gasteiger partial charge in [-0.2, -0.15) is 0 Å². The predicted octanol–water partition coefficient (Wildman–Crippen LogP) is 3.83. The summed E-state index contributed by atoms with van der Waals surface area (Å²) in [6, 6.07) is 12.9. The van der Waals surface area contributed by atoms with E-state index in [4.69, 9.17) is 4.74 Å². The van der Waals surface area contributed by atoms with Crippen molar-refractivity contribution in [3.63, 3.8) is 0 Å². The lowest BCUT2D eigenvalue weighted by atomic mass is 10.1. The minimum absolute atomic E-state index is 0.106. The highest BCUT2D eigenvalue weighted by molar-refractivity contribution is 6.22. The molecule has 158 valence electrons. The molecule has 1 saturated heterocycles. The number of carbonyl (C=O) groups is 3. The monoisotopic (exact) mass is 409 g/mol. The molecule has 1 unspecified atom stereocenters. The minimum atomic E-state index is -0.835. The molecule has 1 aliphatic rings. The summed E-state index contributed by atoms with van der Waals surface area (Å²) in [7, 11) is 1.57. The summed E-state index contributed by atoms with van der Waals surface area (Å²) in [5, 5.41) is 2.79. The molecule has 0 spiro atoms. The van der Waals surface area contributed by atoms with Crippen molar-refractivity contribution < 1.29 is 19.1 Å². The van der Waals surface area contributed by atoms with Gasteiger partial charge in [-0.1, -0.05) is 26.0 Å². The normalized spacial score (nSPS) is 16.4. The zero-order chi connectivity index (χ0) is 21.8. The van der Waals surface area contributed by atoms with Gasteiger partial charge in [-0.25, -0.2) is 9.69 Å². The number of nitrogens with one attached hydrogen (secondary N) is 1. The fraction of sp³-hybridized carbons (Fsp3) is 0.348. The van der Waals surface area contributed by atoms with Gasteiger partial charge in [0.2, 0.25) is 5.91 Å². The molecular weight excluding hydrogens is 382 g/mol. The second kappa shape index (κ2) is 8.98. The number of nitrogens with zero attached hydrogens (tertiary/aromatic N) is 2. The molecule has 7 heteroatoms. The molecule has 3 rings (SSSR count). The van der Waals surface area contributed by atoms with E-state index in [1.54, 1.807) is 43.5 Å². The van der Waals surface area contributed by atoms with E-state index in [0.717, 1.165) is 5.56 Å². The molecule has 2 aromatic carbocycles. The van der Waals surface area contributed by atoms with E-state index < -0.39 is 6.04 Å². The molecule has 4 amide bonds. The van der Waals surface area contributed by atoms with Crippen LogP contribution in [0.2, 0.25) is 0 Å². The predicted molar refractivity (Wildman–Crippen MR) is 116 cm³/mol. The smallest absolute Gasteiger partial charge is 0.332 e. The van der Waals surface area contributed by atoms with Crippen LogP contribution in [-0.2, 0) is 9.59 Å². The van der Waals surface area contributed by atoms with Crippen molar-refractivity contribution in [2.24, 2.45) is 5.92 Å². The molecule has 0 radical (unpaired) electrons. The Labute approximate surface area is 176 Å². The van der Waals surface area contributed by atoms with Gasteiger partial charge in [-0.05, 0) is 54.8 Å². The lowest BCUT2D eigenvalue weighted by Crippen LogP contribution is -2.40. The van der Waals surface area contributed by atoms with Crippen molar-refractivity contribution in [2.45, 2.75) is 33.2 Å². The molecule has 1 N–H and O–H groups in total. The Bertz CT molecular complexity index is 940. The maximum Gasteiger partial charge on any atom is 0.332 e. The third-order valence-electron chi connectivity index (χ3n) is 4.89. The lowest BCUT2D eigenvalue weighted by molar-refractivity contribution is -0.124. The number of urea groups is 1. The van der Waals surface area contributed by atoms with E-state index >= 15 is 0 Å². The van der Waals surface area contributed by atoms with Gasteiger partial charge in [0.1, 0.15) is 11.8 Å². The van der Waals surface area contributed by atoms with Crippen LogP contribution in [-0.4, -0.2) is 42.4 Å².